The Kier molecular flexibility index (Phi) is 5.10. The average molecular weight is 267 g/mol. The Labute approximate surface area is 120 Å². The normalized spacial score (nSPS) is 13.9. The molecule has 2 aromatic rings. The Morgan fingerprint density at radius 1 is 1.05 bits per heavy atom. The Morgan fingerprint density at radius 2 is 1.60 bits per heavy atom. The summed E-state index contributed by atoms with van der Waals surface area (Å²) in [6.07, 6.45) is 1.81. The van der Waals surface area contributed by atoms with E-state index in [4.69, 9.17) is 0 Å². The molecule has 0 saturated carbocycles. The van der Waals surface area contributed by atoms with Gasteiger partial charge in [-0.05, 0) is 11.1 Å². The van der Waals surface area contributed by atoms with E-state index >= 15 is 0 Å². The van der Waals surface area contributed by atoms with Gasteiger partial charge in [-0.25, -0.2) is 0 Å². The maximum Gasteiger partial charge on any atom is 0.0597 e. The number of hydroxylamine groups is 2. The van der Waals surface area contributed by atoms with Crippen LogP contribution in [-0.2, 0) is 6.54 Å². The van der Waals surface area contributed by atoms with E-state index in [9.17, 15) is 5.21 Å². The Balaban J connectivity index is 2.09. The lowest BCUT2D eigenvalue weighted by molar-refractivity contribution is -0.126. The quantitative estimate of drug-likeness (QED) is 0.625. The highest BCUT2D eigenvalue weighted by atomic mass is 16.5. The molecule has 0 aromatic heterocycles. The zero-order valence-corrected chi connectivity index (χ0v) is 11.8. The lowest BCUT2D eigenvalue weighted by atomic mass is 9.93. The van der Waals surface area contributed by atoms with Crippen molar-refractivity contribution in [3.05, 3.63) is 84.4 Å². The van der Waals surface area contributed by atoms with Crippen LogP contribution in [0.1, 0.15) is 24.0 Å². The molecule has 0 unspecified atom stereocenters. The molecule has 0 amide bonds. The average Bonchev–Trinajstić information content (AvgIpc) is 2.49. The zero-order valence-electron chi connectivity index (χ0n) is 11.8. The number of hydrogen-bond donors (Lipinski definition) is 1. The predicted octanol–water partition coefficient (Wildman–Crippen LogP) is 4.24. The van der Waals surface area contributed by atoms with Crippen molar-refractivity contribution >= 4 is 0 Å². The summed E-state index contributed by atoms with van der Waals surface area (Å²) in [5.41, 5.74) is 2.28. The largest absolute Gasteiger partial charge is 0.313 e. The lowest BCUT2D eigenvalue weighted by Crippen LogP contribution is -2.34. The molecule has 20 heavy (non-hydrogen) atoms. The van der Waals surface area contributed by atoms with Crippen molar-refractivity contribution in [1.82, 2.24) is 5.06 Å². The molecule has 0 fully saturated rings. The maximum atomic E-state index is 10.4. The van der Waals surface area contributed by atoms with E-state index in [1.165, 1.54) is 10.6 Å². The van der Waals surface area contributed by atoms with Gasteiger partial charge < -0.3 is 5.21 Å². The Morgan fingerprint density at radius 3 is 2.15 bits per heavy atom. The van der Waals surface area contributed by atoms with Crippen LogP contribution in [0, 0.1) is 0 Å². The minimum atomic E-state index is -0.113. The van der Waals surface area contributed by atoms with Gasteiger partial charge in [0.25, 0.3) is 0 Å². The van der Waals surface area contributed by atoms with Crippen LogP contribution in [0.5, 0.6) is 0 Å². The van der Waals surface area contributed by atoms with Crippen LogP contribution >= 0.6 is 0 Å². The molecular weight excluding hydrogens is 246 g/mol. The van der Waals surface area contributed by atoms with Gasteiger partial charge in [0.15, 0.2) is 0 Å². The van der Waals surface area contributed by atoms with Crippen LogP contribution in [0.3, 0.4) is 0 Å². The summed E-state index contributed by atoms with van der Waals surface area (Å²) in [6, 6.07) is 20.0. The first kappa shape index (κ1) is 14.5. The molecule has 0 saturated heterocycles. The molecule has 0 aliphatic carbocycles. The van der Waals surface area contributed by atoms with Gasteiger partial charge in [-0.3, -0.25) is 0 Å². The smallest absolute Gasteiger partial charge is 0.0597 e. The summed E-state index contributed by atoms with van der Waals surface area (Å²) in [4.78, 5) is 0. The van der Waals surface area contributed by atoms with Gasteiger partial charge in [0.05, 0.1) is 6.04 Å². The van der Waals surface area contributed by atoms with Gasteiger partial charge in [-0.2, -0.15) is 5.06 Å². The second-order valence-corrected chi connectivity index (χ2v) is 5.01. The highest BCUT2D eigenvalue weighted by Gasteiger charge is 2.21. The summed E-state index contributed by atoms with van der Waals surface area (Å²) in [5.74, 6) is 0.183. The fourth-order valence-corrected chi connectivity index (χ4v) is 2.41. The number of benzene rings is 2. The zero-order chi connectivity index (χ0) is 14.4. The van der Waals surface area contributed by atoms with E-state index in [0.29, 0.717) is 6.54 Å². The van der Waals surface area contributed by atoms with Crippen LogP contribution in [0.2, 0.25) is 0 Å². The van der Waals surface area contributed by atoms with Crippen molar-refractivity contribution in [1.29, 1.82) is 0 Å². The van der Waals surface area contributed by atoms with Gasteiger partial charge in [0.1, 0.15) is 0 Å². The van der Waals surface area contributed by atoms with Gasteiger partial charge in [-0.15, -0.1) is 6.58 Å². The second-order valence-electron chi connectivity index (χ2n) is 5.01. The minimum Gasteiger partial charge on any atom is -0.313 e. The Bertz CT molecular complexity index is 524. The Hall–Kier alpha value is -1.90. The van der Waals surface area contributed by atoms with Gasteiger partial charge >= 0.3 is 0 Å². The lowest BCUT2D eigenvalue weighted by Gasteiger charge is -2.29. The highest BCUT2D eigenvalue weighted by molar-refractivity contribution is 5.22. The van der Waals surface area contributed by atoms with E-state index in [1.54, 1.807) is 6.08 Å². The fourth-order valence-electron chi connectivity index (χ4n) is 2.41. The van der Waals surface area contributed by atoms with Crippen LogP contribution in [0.4, 0.5) is 0 Å². The van der Waals surface area contributed by atoms with Crippen molar-refractivity contribution in [3.63, 3.8) is 0 Å². The molecule has 1 N–H and O–H groups in total. The molecule has 2 aromatic carbocycles. The summed E-state index contributed by atoms with van der Waals surface area (Å²) in [7, 11) is 0. The van der Waals surface area contributed by atoms with E-state index in [0.717, 1.165) is 5.56 Å². The fraction of sp³-hybridized carbons (Fsp3) is 0.222. The van der Waals surface area contributed by atoms with Crippen LogP contribution in [0.25, 0.3) is 0 Å². The third-order valence-corrected chi connectivity index (χ3v) is 3.61. The van der Waals surface area contributed by atoms with Crippen molar-refractivity contribution < 1.29 is 5.21 Å². The number of hydrogen-bond acceptors (Lipinski definition) is 2. The summed E-state index contributed by atoms with van der Waals surface area (Å²) < 4.78 is 0. The molecule has 2 atom stereocenters. The first-order chi connectivity index (χ1) is 9.72. The standard InChI is InChI=1S/C18H21NO/c1-3-18(15(2)17-12-8-5-9-13-17)19(20)14-16-10-6-4-7-11-16/h3-13,15,18,20H,1,14H2,2H3/t15-,18+/m1/s1. The summed E-state index contributed by atoms with van der Waals surface area (Å²) in [5, 5.41) is 11.7. The predicted molar refractivity (Wildman–Crippen MR) is 82.6 cm³/mol. The van der Waals surface area contributed by atoms with Crippen molar-refractivity contribution in [3.8, 4) is 0 Å². The molecule has 0 spiro atoms. The summed E-state index contributed by atoms with van der Waals surface area (Å²) in [6.45, 7) is 6.47. The third-order valence-electron chi connectivity index (χ3n) is 3.61. The van der Waals surface area contributed by atoms with Crippen LogP contribution in [0.15, 0.2) is 73.3 Å². The van der Waals surface area contributed by atoms with Crippen LogP contribution in [-0.4, -0.2) is 16.3 Å². The first-order valence-electron chi connectivity index (χ1n) is 6.89. The van der Waals surface area contributed by atoms with E-state index in [-0.39, 0.29) is 12.0 Å². The van der Waals surface area contributed by atoms with Crippen molar-refractivity contribution in [2.24, 2.45) is 0 Å². The molecule has 2 rings (SSSR count). The second kappa shape index (κ2) is 7.04. The topological polar surface area (TPSA) is 23.5 Å². The van der Waals surface area contributed by atoms with Crippen molar-refractivity contribution in [2.45, 2.75) is 25.4 Å². The highest BCUT2D eigenvalue weighted by Crippen LogP contribution is 2.24. The maximum absolute atomic E-state index is 10.4. The molecule has 0 aliphatic rings. The number of nitrogens with zero attached hydrogens (tertiary/aromatic N) is 1. The minimum absolute atomic E-state index is 0.113. The molecule has 0 aliphatic heterocycles. The van der Waals surface area contributed by atoms with Gasteiger partial charge in [-0.1, -0.05) is 73.7 Å². The van der Waals surface area contributed by atoms with E-state index in [1.807, 2.05) is 48.5 Å². The van der Waals surface area contributed by atoms with Gasteiger partial charge in [0, 0.05) is 12.5 Å². The molecule has 2 nitrogen and oxygen atoms in total. The van der Waals surface area contributed by atoms with Crippen molar-refractivity contribution in [2.75, 3.05) is 0 Å². The molecule has 2 heteroatoms. The van der Waals surface area contributed by atoms with Gasteiger partial charge in [0.2, 0.25) is 0 Å². The monoisotopic (exact) mass is 267 g/mol. The molecule has 0 bridgehead atoms. The molecule has 0 heterocycles. The number of rotatable bonds is 6. The summed E-state index contributed by atoms with van der Waals surface area (Å²) >= 11 is 0. The van der Waals surface area contributed by atoms with E-state index in [2.05, 4.69) is 25.6 Å². The first-order valence-corrected chi connectivity index (χ1v) is 6.89. The molecule has 0 radical (unpaired) electrons. The molecular formula is C18H21NO. The molecule has 104 valence electrons. The van der Waals surface area contributed by atoms with E-state index < -0.39 is 0 Å². The van der Waals surface area contributed by atoms with Crippen LogP contribution < -0.4 is 0 Å². The third kappa shape index (κ3) is 3.56. The SMILES string of the molecule is C=C[C@@H]([C@H](C)c1ccccc1)N(O)Cc1ccccc1.